The number of fused-ring (bicyclic) bond motifs is 1. The van der Waals surface area contributed by atoms with Gasteiger partial charge in [-0.2, -0.15) is 0 Å². The summed E-state index contributed by atoms with van der Waals surface area (Å²) in [6.07, 6.45) is 3.30. The van der Waals surface area contributed by atoms with Crippen LogP contribution in [-0.4, -0.2) is 55.7 Å². The molecule has 2 atom stereocenters. The number of carbonyl (C=O) groups is 2. The van der Waals surface area contributed by atoms with Gasteiger partial charge in [0.1, 0.15) is 5.75 Å². The third kappa shape index (κ3) is 3.49. The first-order chi connectivity index (χ1) is 12.2. The number of nitrogens with one attached hydrogen (secondary N) is 1. The van der Waals surface area contributed by atoms with Gasteiger partial charge in [-0.3, -0.25) is 9.59 Å². The first-order valence-electron chi connectivity index (χ1n) is 9.14. The van der Waals surface area contributed by atoms with Gasteiger partial charge >= 0.3 is 0 Å². The SMILES string of the molecule is O=C(N[C@@H]1CC[C@H](C(=O)N2CCOCC2)C1)c1ccc2c(c1)CCO2. The number of amides is 2. The van der Waals surface area contributed by atoms with E-state index in [0.29, 0.717) is 38.5 Å². The van der Waals surface area contributed by atoms with Crippen molar-refractivity contribution in [1.82, 2.24) is 10.2 Å². The third-order valence-electron chi connectivity index (χ3n) is 5.39. The standard InChI is InChI=1S/C19H24N2O4/c22-18(14-2-4-17-13(11-14)5-8-25-17)20-16-3-1-15(12-16)19(23)21-6-9-24-10-7-21/h2,4,11,15-16H,1,3,5-10,12H2,(H,20,22)/t15-,16+/m0/s1. The molecule has 6 heteroatoms. The molecule has 0 radical (unpaired) electrons. The van der Waals surface area contributed by atoms with Crippen molar-refractivity contribution in [2.45, 2.75) is 31.7 Å². The second-order valence-electron chi connectivity index (χ2n) is 7.04. The lowest BCUT2D eigenvalue weighted by molar-refractivity contribution is -0.139. The Morgan fingerprint density at radius 2 is 1.96 bits per heavy atom. The lowest BCUT2D eigenvalue weighted by atomic mass is 10.1. The van der Waals surface area contributed by atoms with Gasteiger partial charge in [0.05, 0.1) is 19.8 Å². The van der Waals surface area contributed by atoms with Crippen LogP contribution in [0.4, 0.5) is 0 Å². The van der Waals surface area contributed by atoms with E-state index in [9.17, 15) is 9.59 Å². The van der Waals surface area contributed by atoms with Crippen LogP contribution in [0.15, 0.2) is 18.2 Å². The Kier molecular flexibility index (Phi) is 4.61. The Morgan fingerprint density at radius 1 is 1.12 bits per heavy atom. The van der Waals surface area contributed by atoms with Gasteiger partial charge in [0, 0.05) is 37.0 Å². The fourth-order valence-corrected chi connectivity index (χ4v) is 3.98. The number of morpholine rings is 1. The maximum atomic E-state index is 12.6. The Bertz CT molecular complexity index is 669. The molecule has 1 N–H and O–H groups in total. The average Bonchev–Trinajstić information content (AvgIpc) is 3.30. The molecule has 1 aromatic carbocycles. The predicted molar refractivity (Wildman–Crippen MR) is 91.6 cm³/mol. The average molecular weight is 344 g/mol. The molecule has 3 aliphatic rings. The Labute approximate surface area is 147 Å². The van der Waals surface area contributed by atoms with Gasteiger partial charge in [-0.15, -0.1) is 0 Å². The zero-order valence-corrected chi connectivity index (χ0v) is 14.3. The molecule has 0 bridgehead atoms. The summed E-state index contributed by atoms with van der Waals surface area (Å²) in [6, 6.07) is 5.68. The summed E-state index contributed by atoms with van der Waals surface area (Å²) < 4.78 is 10.8. The van der Waals surface area contributed by atoms with Crippen molar-refractivity contribution in [3.8, 4) is 5.75 Å². The zero-order chi connectivity index (χ0) is 17.2. The van der Waals surface area contributed by atoms with Crippen LogP contribution in [0.1, 0.15) is 35.2 Å². The predicted octanol–water partition coefficient (Wildman–Crippen LogP) is 1.38. The summed E-state index contributed by atoms with van der Waals surface area (Å²) >= 11 is 0. The van der Waals surface area contributed by atoms with E-state index >= 15 is 0 Å². The topological polar surface area (TPSA) is 67.9 Å². The van der Waals surface area contributed by atoms with Gasteiger partial charge in [0.25, 0.3) is 5.91 Å². The van der Waals surface area contributed by atoms with E-state index in [0.717, 1.165) is 37.0 Å². The number of hydrogen-bond donors (Lipinski definition) is 1. The summed E-state index contributed by atoms with van der Waals surface area (Å²) in [5.74, 6) is 1.07. The highest BCUT2D eigenvalue weighted by Gasteiger charge is 2.34. The Hall–Kier alpha value is -2.08. The molecule has 1 saturated heterocycles. The van der Waals surface area contributed by atoms with Crippen LogP contribution in [0.5, 0.6) is 5.75 Å². The van der Waals surface area contributed by atoms with Crippen molar-refractivity contribution < 1.29 is 19.1 Å². The fourth-order valence-electron chi connectivity index (χ4n) is 3.98. The number of hydrogen-bond acceptors (Lipinski definition) is 4. The minimum Gasteiger partial charge on any atom is -0.493 e. The Morgan fingerprint density at radius 3 is 2.80 bits per heavy atom. The van der Waals surface area contributed by atoms with E-state index in [1.54, 1.807) is 0 Å². The van der Waals surface area contributed by atoms with E-state index in [1.165, 1.54) is 0 Å². The smallest absolute Gasteiger partial charge is 0.251 e. The van der Waals surface area contributed by atoms with E-state index < -0.39 is 0 Å². The molecule has 2 amide bonds. The molecule has 6 nitrogen and oxygen atoms in total. The van der Waals surface area contributed by atoms with Crippen LogP contribution >= 0.6 is 0 Å². The van der Waals surface area contributed by atoms with Crippen molar-refractivity contribution in [2.75, 3.05) is 32.9 Å². The molecular weight excluding hydrogens is 320 g/mol. The van der Waals surface area contributed by atoms with Crippen molar-refractivity contribution >= 4 is 11.8 Å². The number of benzene rings is 1. The van der Waals surface area contributed by atoms with E-state index in [4.69, 9.17) is 9.47 Å². The first-order valence-corrected chi connectivity index (χ1v) is 9.14. The van der Waals surface area contributed by atoms with Crippen LogP contribution in [0.3, 0.4) is 0 Å². The van der Waals surface area contributed by atoms with Gasteiger partial charge in [0.15, 0.2) is 0 Å². The molecule has 134 valence electrons. The second kappa shape index (κ2) is 7.04. The van der Waals surface area contributed by atoms with E-state index in [2.05, 4.69) is 5.32 Å². The van der Waals surface area contributed by atoms with Gasteiger partial charge in [-0.1, -0.05) is 0 Å². The number of nitrogens with zero attached hydrogens (tertiary/aromatic N) is 1. The largest absolute Gasteiger partial charge is 0.493 e. The molecule has 25 heavy (non-hydrogen) atoms. The first kappa shape index (κ1) is 16.4. The molecule has 2 heterocycles. The Balaban J connectivity index is 1.33. The number of ether oxygens (including phenoxy) is 2. The van der Waals surface area contributed by atoms with Gasteiger partial charge in [0.2, 0.25) is 5.91 Å². The fraction of sp³-hybridized carbons (Fsp3) is 0.579. The van der Waals surface area contributed by atoms with Crippen LogP contribution in [0.25, 0.3) is 0 Å². The van der Waals surface area contributed by atoms with Crippen LogP contribution in [0, 0.1) is 5.92 Å². The monoisotopic (exact) mass is 344 g/mol. The summed E-state index contributed by atoms with van der Waals surface area (Å²) in [6.45, 7) is 3.31. The summed E-state index contributed by atoms with van der Waals surface area (Å²) in [7, 11) is 0. The van der Waals surface area contributed by atoms with Crippen LogP contribution in [-0.2, 0) is 16.0 Å². The molecule has 0 spiro atoms. The molecule has 2 aliphatic heterocycles. The maximum absolute atomic E-state index is 12.6. The summed E-state index contributed by atoms with van der Waals surface area (Å²) in [5.41, 5.74) is 1.77. The minimum atomic E-state index is -0.0563. The van der Waals surface area contributed by atoms with E-state index in [1.807, 2.05) is 23.1 Å². The quantitative estimate of drug-likeness (QED) is 0.899. The molecule has 1 aliphatic carbocycles. The van der Waals surface area contributed by atoms with Gasteiger partial charge < -0.3 is 19.7 Å². The molecule has 4 rings (SSSR count). The molecular formula is C19H24N2O4. The maximum Gasteiger partial charge on any atom is 0.251 e. The molecule has 1 aromatic rings. The molecule has 0 unspecified atom stereocenters. The third-order valence-corrected chi connectivity index (χ3v) is 5.39. The van der Waals surface area contributed by atoms with E-state index in [-0.39, 0.29) is 23.8 Å². The molecule has 0 aromatic heterocycles. The minimum absolute atomic E-state index is 0.0248. The van der Waals surface area contributed by atoms with Crippen molar-refractivity contribution in [2.24, 2.45) is 5.92 Å². The van der Waals surface area contributed by atoms with Crippen molar-refractivity contribution in [3.63, 3.8) is 0 Å². The highest BCUT2D eigenvalue weighted by molar-refractivity contribution is 5.95. The van der Waals surface area contributed by atoms with Crippen LogP contribution in [0.2, 0.25) is 0 Å². The van der Waals surface area contributed by atoms with Gasteiger partial charge in [-0.05, 0) is 43.0 Å². The second-order valence-corrected chi connectivity index (χ2v) is 7.04. The number of carbonyl (C=O) groups excluding carboxylic acids is 2. The zero-order valence-electron chi connectivity index (χ0n) is 14.3. The van der Waals surface area contributed by atoms with Crippen molar-refractivity contribution in [1.29, 1.82) is 0 Å². The van der Waals surface area contributed by atoms with Crippen molar-refractivity contribution in [3.05, 3.63) is 29.3 Å². The normalized spacial score (nSPS) is 25.4. The summed E-state index contributed by atoms with van der Waals surface area (Å²) in [4.78, 5) is 27.0. The van der Waals surface area contributed by atoms with Gasteiger partial charge in [-0.25, -0.2) is 0 Å². The number of rotatable bonds is 3. The molecule has 1 saturated carbocycles. The lowest BCUT2D eigenvalue weighted by Gasteiger charge is -2.29. The molecule has 2 fully saturated rings. The summed E-state index contributed by atoms with van der Waals surface area (Å²) in [5, 5.41) is 3.10. The lowest BCUT2D eigenvalue weighted by Crippen LogP contribution is -2.43. The van der Waals surface area contributed by atoms with Crippen LogP contribution < -0.4 is 10.1 Å². The highest BCUT2D eigenvalue weighted by Crippen LogP contribution is 2.29. The highest BCUT2D eigenvalue weighted by atomic mass is 16.5.